The van der Waals surface area contributed by atoms with Crippen LogP contribution < -0.4 is 4.90 Å². The molecule has 2 aromatic rings. The zero-order valence-electron chi connectivity index (χ0n) is 9.73. The molecule has 3 nitrogen and oxygen atoms in total. The number of ether oxygens (including phenoxy) is 1. The van der Waals surface area contributed by atoms with E-state index in [-0.39, 0.29) is 0 Å². The minimum absolute atomic E-state index is 0.819. The first-order valence-electron chi connectivity index (χ1n) is 6.00. The highest BCUT2D eigenvalue weighted by atomic mass is 16.5. The van der Waals surface area contributed by atoms with E-state index in [1.807, 2.05) is 12.3 Å². The molecule has 1 aromatic heterocycles. The second kappa shape index (κ2) is 4.63. The summed E-state index contributed by atoms with van der Waals surface area (Å²) < 4.78 is 5.39. The Hall–Kier alpha value is -1.74. The number of rotatable bonds is 2. The van der Waals surface area contributed by atoms with E-state index in [0.717, 1.165) is 26.3 Å². The Kier molecular flexibility index (Phi) is 2.84. The lowest BCUT2D eigenvalue weighted by Crippen LogP contribution is -2.36. The SMILES string of the molecule is c1ccc(-c2[nH]ccc2N2CCOCC2)cc1. The molecule has 3 rings (SSSR count). The highest BCUT2D eigenvalue weighted by molar-refractivity contribution is 5.75. The molecule has 1 aliphatic heterocycles. The fraction of sp³-hybridized carbons (Fsp3) is 0.286. The first kappa shape index (κ1) is 10.4. The summed E-state index contributed by atoms with van der Waals surface area (Å²) in [5.74, 6) is 0. The summed E-state index contributed by atoms with van der Waals surface area (Å²) in [6.07, 6.45) is 2.01. The number of hydrogen-bond acceptors (Lipinski definition) is 2. The van der Waals surface area contributed by atoms with Crippen molar-refractivity contribution in [2.75, 3.05) is 31.2 Å². The number of nitrogens with one attached hydrogen (secondary N) is 1. The van der Waals surface area contributed by atoms with Gasteiger partial charge in [-0.1, -0.05) is 30.3 Å². The van der Waals surface area contributed by atoms with Gasteiger partial charge in [0.05, 0.1) is 24.6 Å². The smallest absolute Gasteiger partial charge is 0.0691 e. The van der Waals surface area contributed by atoms with Crippen LogP contribution in [0.2, 0.25) is 0 Å². The molecule has 0 saturated carbocycles. The summed E-state index contributed by atoms with van der Waals surface area (Å²) in [5.41, 5.74) is 3.71. The first-order valence-corrected chi connectivity index (χ1v) is 6.00. The molecule has 1 aromatic carbocycles. The first-order chi connectivity index (χ1) is 8.45. The van der Waals surface area contributed by atoms with Crippen LogP contribution in [0.5, 0.6) is 0 Å². The molecule has 0 amide bonds. The normalized spacial score (nSPS) is 16.1. The third-order valence-corrected chi connectivity index (χ3v) is 3.14. The largest absolute Gasteiger partial charge is 0.378 e. The van der Waals surface area contributed by atoms with E-state index in [1.54, 1.807) is 0 Å². The van der Waals surface area contributed by atoms with Crippen molar-refractivity contribution in [2.24, 2.45) is 0 Å². The number of morpholine rings is 1. The second-order valence-corrected chi connectivity index (χ2v) is 4.20. The molecule has 1 saturated heterocycles. The van der Waals surface area contributed by atoms with E-state index in [4.69, 9.17) is 4.74 Å². The zero-order valence-corrected chi connectivity index (χ0v) is 9.73. The summed E-state index contributed by atoms with van der Waals surface area (Å²) in [6.45, 7) is 3.58. The summed E-state index contributed by atoms with van der Waals surface area (Å²) >= 11 is 0. The lowest BCUT2D eigenvalue weighted by atomic mass is 10.1. The Morgan fingerprint density at radius 3 is 2.53 bits per heavy atom. The van der Waals surface area contributed by atoms with Gasteiger partial charge in [0.1, 0.15) is 0 Å². The standard InChI is InChI=1S/C14H16N2O/c1-2-4-12(5-3-1)14-13(6-7-15-14)16-8-10-17-11-9-16/h1-7,15H,8-11H2. The summed E-state index contributed by atoms with van der Waals surface area (Å²) in [5, 5.41) is 0. The summed E-state index contributed by atoms with van der Waals surface area (Å²) in [4.78, 5) is 5.71. The number of aromatic amines is 1. The van der Waals surface area contributed by atoms with Crippen LogP contribution in [0.15, 0.2) is 42.6 Å². The van der Waals surface area contributed by atoms with Crippen molar-refractivity contribution in [2.45, 2.75) is 0 Å². The molecule has 1 fully saturated rings. The Morgan fingerprint density at radius 1 is 1.00 bits per heavy atom. The molecule has 1 N–H and O–H groups in total. The molecule has 0 spiro atoms. The van der Waals surface area contributed by atoms with Crippen LogP contribution in [-0.2, 0) is 4.74 Å². The number of anilines is 1. The van der Waals surface area contributed by atoms with E-state index in [0.29, 0.717) is 0 Å². The van der Waals surface area contributed by atoms with Crippen molar-refractivity contribution in [1.82, 2.24) is 4.98 Å². The van der Waals surface area contributed by atoms with Gasteiger partial charge < -0.3 is 14.6 Å². The number of aromatic nitrogens is 1. The summed E-state index contributed by atoms with van der Waals surface area (Å²) in [6, 6.07) is 12.6. The predicted molar refractivity (Wildman–Crippen MR) is 69.3 cm³/mol. The highest BCUT2D eigenvalue weighted by Crippen LogP contribution is 2.29. The molecule has 3 heteroatoms. The van der Waals surface area contributed by atoms with Gasteiger partial charge in [0.25, 0.3) is 0 Å². The van der Waals surface area contributed by atoms with Crippen molar-refractivity contribution >= 4 is 5.69 Å². The van der Waals surface area contributed by atoms with E-state index >= 15 is 0 Å². The van der Waals surface area contributed by atoms with E-state index < -0.39 is 0 Å². The topological polar surface area (TPSA) is 28.3 Å². The average molecular weight is 228 g/mol. The number of benzene rings is 1. The lowest BCUT2D eigenvalue weighted by molar-refractivity contribution is 0.123. The van der Waals surface area contributed by atoms with Gasteiger partial charge in [-0.05, 0) is 6.07 Å². The number of H-pyrrole nitrogens is 1. The van der Waals surface area contributed by atoms with Gasteiger partial charge in [-0.2, -0.15) is 0 Å². The fourth-order valence-electron chi connectivity index (χ4n) is 2.27. The minimum atomic E-state index is 0.819. The van der Waals surface area contributed by atoms with Crippen molar-refractivity contribution in [3.63, 3.8) is 0 Å². The maximum absolute atomic E-state index is 5.39. The van der Waals surface area contributed by atoms with Crippen molar-refractivity contribution in [3.8, 4) is 11.3 Å². The number of hydrogen-bond donors (Lipinski definition) is 1. The van der Waals surface area contributed by atoms with Crippen LogP contribution >= 0.6 is 0 Å². The van der Waals surface area contributed by atoms with Crippen molar-refractivity contribution in [1.29, 1.82) is 0 Å². The third-order valence-electron chi connectivity index (χ3n) is 3.14. The van der Waals surface area contributed by atoms with Gasteiger partial charge in [-0.15, -0.1) is 0 Å². The number of nitrogens with zero attached hydrogens (tertiary/aromatic N) is 1. The molecule has 0 radical (unpaired) electrons. The van der Waals surface area contributed by atoms with E-state index in [2.05, 4.69) is 40.2 Å². The van der Waals surface area contributed by atoms with Gasteiger partial charge in [0.2, 0.25) is 0 Å². The van der Waals surface area contributed by atoms with Gasteiger partial charge in [-0.3, -0.25) is 0 Å². The predicted octanol–water partition coefficient (Wildman–Crippen LogP) is 2.52. The van der Waals surface area contributed by atoms with Gasteiger partial charge in [0, 0.05) is 24.8 Å². The summed E-state index contributed by atoms with van der Waals surface area (Å²) in [7, 11) is 0. The van der Waals surface area contributed by atoms with Crippen molar-refractivity contribution < 1.29 is 4.74 Å². The second-order valence-electron chi connectivity index (χ2n) is 4.20. The molecule has 0 aliphatic carbocycles. The van der Waals surface area contributed by atoms with E-state index in [1.165, 1.54) is 16.9 Å². The van der Waals surface area contributed by atoms with Gasteiger partial charge in [0.15, 0.2) is 0 Å². The third kappa shape index (κ3) is 2.06. The molecular weight excluding hydrogens is 212 g/mol. The molecule has 17 heavy (non-hydrogen) atoms. The van der Waals surface area contributed by atoms with Gasteiger partial charge >= 0.3 is 0 Å². The van der Waals surface area contributed by atoms with E-state index in [9.17, 15) is 0 Å². The van der Waals surface area contributed by atoms with Crippen LogP contribution in [0.3, 0.4) is 0 Å². The van der Waals surface area contributed by atoms with Crippen LogP contribution in [0.1, 0.15) is 0 Å². The molecule has 2 heterocycles. The lowest BCUT2D eigenvalue weighted by Gasteiger charge is -2.29. The monoisotopic (exact) mass is 228 g/mol. The van der Waals surface area contributed by atoms with Crippen LogP contribution in [0.25, 0.3) is 11.3 Å². The molecule has 0 unspecified atom stereocenters. The van der Waals surface area contributed by atoms with Crippen LogP contribution in [0.4, 0.5) is 5.69 Å². The van der Waals surface area contributed by atoms with Crippen LogP contribution in [0, 0.1) is 0 Å². The highest BCUT2D eigenvalue weighted by Gasteiger charge is 2.16. The maximum Gasteiger partial charge on any atom is 0.0691 e. The van der Waals surface area contributed by atoms with Crippen molar-refractivity contribution in [3.05, 3.63) is 42.6 Å². The van der Waals surface area contributed by atoms with Gasteiger partial charge in [-0.25, -0.2) is 0 Å². The molecule has 1 aliphatic rings. The Labute approximate surface area is 101 Å². The molecule has 88 valence electrons. The Balaban J connectivity index is 1.93. The Morgan fingerprint density at radius 2 is 1.76 bits per heavy atom. The molecular formula is C14H16N2O. The van der Waals surface area contributed by atoms with Crippen LogP contribution in [-0.4, -0.2) is 31.3 Å². The average Bonchev–Trinajstić information content (AvgIpc) is 2.90. The minimum Gasteiger partial charge on any atom is -0.378 e. The fourth-order valence-corrected chi connectivity index (χ4v) is 2.27. The molecule has 0 bridgehead atoms. The molecule has 0 atom stereocenters. The Bertz CT molecular complexity index is 472. The quantitative estimate of drug-likeness (QED) is 0.855. The zero-order chi connectivity index (χ0) is 11.5. The maximum atomic E-state index is 5.39.